The molecule has 6 heteroatoms. The number of benzene rings is 1. The van der Waals surface area contributed by atoms with Gasteiger partial charge in [-0.25, -0.2) is 0 Å². The Hall–Kier alpha value is -1.92. The van der Waals surface area contributed by atoms with E-state index in [1.54, 1.807) is 0 Å². The molecule has 2 saturated heterocycles. The molecule has 28 heavy (non-hydrogen) atoms. The van der Waals surface area contributed by atoms with E-state index in [9.17, 15) is 9.59 Å². The Morgan fingerprint density at radius 1 is 1.11 bits per heavy atom. The highest BCUT2D eigenvalue weighted by atomic mass is 16.2. The van der Waals surface area contributed by atoms with Crippen LogP contribution in [0.4, 0.5) is 0 Å². The van der Waals surface area contributed by atoms with Crippen LogP contribution in [0.3, 0.4) is 0 Å². The molecule has 1 N–H and O–H groups in total. The molecule has 1 aromatic rings. The average Bonchev–Trinajstić information content (AvgIpc) is 3.08. The molecule has 0 saturated carbocycles. The molecule has 1 aromatic carbocycles. The van der Waals surface area contributed by atoms with Crippen molar-refractivity contribution in [2.75, 3.05) is 52.4 Å². The molecule has 6 nitrogen and oxygen atoms in total. The van der Waals surface area contributed by atoms with Crippen LogP contribution in [-0.2, 0) is 16.1 Å². The Labute approximate surface area is 168 Å². The van der Waals surface area contributed by atoms with Crippen LogP contribution in [0.2, 0.25) is 0 Å². The summed E-state index contributed by atoms with van der Waals surface area (Å²) in [4.78, 5) is 31.5. The van der Waals surface area contributed by atoms with Crippen LogP contribution in [0.5, 0.6) is 0 Å². The van der Waals surface area contributed by atoms with Crippen LogP contribution >= 0.6 is 0 Å². The molecule has 0 aromatic heterocycles. The van der Waals surface area contributed by atoms with Crippen molar-refractivity contribution in [3.05, 3.63) is 35.4 Å². The molecule has 2 amide bonds. The summed E-state index contributed by atoms with van der Waals surface area (Å²) in [5.74, 6) is -0.115. The maximum Gasteiger partial charge on any atom is 0.225 e. The fourth-order valence-corrected chi connectivity index (χ4v) is 4.00. The van der Waals surface area contributed by atoms with Gasteiger partial charge in [0.15, 0.2) is 0 Å². The molecule has 3 rings (SSSR count). The predicted molar refractivity (Wildman–Crippen MR) is 111 cm³/mol. The molecule has 2 aliphatic rings. The van der Waals surface area contributed by atoms with Gasteiger partial charge in [0, 0.05) is 52.2 Å². The van der Waals surface area contributed by atoms with Gasteiger partial charge in [-0.15, -0.1) is 0 Å². The molecule has 2 aliphatic heterocycles. The molecular formula is C22H34N4O2. The summed E-state index contributed by atoms with van der Waals surface area (Å²) < 4.78 is 0. The molecule has 0 radical (unpaired) electrons. The zero-order chi connectivity index (χ0) is 19.9. The summed E-state index contributed by atoms with van der Waals surface area (Å²) >= 11 is 0. The maximum absolute atomic E-state index is 12.5. The van der Waals surface area contributed by atoms with Crippen LogP contribution in [0, 0.1) is 12.8 Å². The highest BCUT2D eigenvalue weighted by molar-refractivity contribution is 5.89. The summed E-state index contributed by atoms with van der Waals surface area (Å²) in [6.07, 6.45) is 1.29. The first-order chi connectivity index (χ1) is 13.5. The number of hydrogen-bond donors (Lipinski definition) is 1. The third-order valence-electron chi connectivity index (χ3n) is 5.94. The Morgan fingerprint density at radius 3 is 2.46 bits per heavy atom. The van der Waals surface area contributed by atoms with Crippen molar-refractivity contribution >= 4 is 11.8 Å². The largest absolute Gasteiger partial charge is 0.356 e. The average molecular weight is 387 g/mol. The summed E-state index contributed by atoms with van der Waals surface area (Å²) in [6.45, 7) is 12.7. The first-order valence-electron chi connectivity index (χ1n) is 10.6. The Kier molecular flexibility index (Phi) is 7.45. The molecule has 0 spiro atoms. The van der Waals surface area contributed by atoms with E-state index in [2.05, 4.69) is 53.2 Å². The predicted octanol–water partition coefficient (Wildman–Crippen LogP) is 1.49. The lowest BCUT2D eigenvalue weighted by Crippen LogP contribution is -2.46. The van der Waals surface area contributed by atoms with Crippen molar-refractivity contribution in [3.63, 3.8) is 0 Å². The zero-order valence-electron chi connectivity index (χ0n) is 17.3. The summed E-state index contributed by atoms with van der Waals surface area (Å²) in [5.41, 5.74) is 2.32. The van der Waals surface area contributed by atoms with Gasteiger partial charge in [-0.1, -0.05) is 36.8 Å². The molecule has 2 fully saturated rings. The third kappa shape index (κ3) is 5.79. The Bertz CT molecular complexity index is 653. The first kappa shape index (κ1) is 20.8. The number of likely N-dealkylation sites (tertiary alicyclic amines) is 1. The molecule has 1 atom stereocenters. The second-order valence-corrected chi connectivity index (χ2v) is 8.08. The van der Waals surface area contributed by atoms with Gasteiger partial charge in [-0.2, -0.15) is 0 Å². The van der Waals surface area contributed by atoms with Crippen LogP contribution in [0.25, 0.3) is 0 Å². The molecule has 0 aliphatic carbocycles. The van der Waals surface area contributed by atoms with Crippen molar-refractivity contribution in [1.29, 1.82) is 0 Å². The molecular weight excluding hydrogens is 352 g/mol. The number of rotatable bonds is 8. The van der Waals surface area contributed by atoms with Crippen molar-refractivity contribution in [2.24, 2.45) is 5.92 Å². The van der Waals surface area contributed by atoms with E-state index in [4.69, 9.17) is 0 Å². The minimum absolute atomic E-state index is 0.0237. The number of carbonyl (C=O) groups excluding carboxylic acids is 2. The summed E-state index contributed by atoms with van der Waals surface area (Å²) in [7, 11) is 0. The van der Waals surface area contributed by atoms with Gasteiger partial charge in [-0.3, -0.25) is 9.59 Å². The van der Waals surface area contributed by atoms with E-state index in [1.807, 2.05) is 4.90 Å². The van der Waals surface area contributed by atoms with Crippen molar-refractivity contribution in [2.45, 2.75) is 33.2 Å². The summed E-state index contributed by atoms with van der Waals surface area (Å²) in [5, 5.41) is 3.04. The van der Waals surface area contributed by atoms with Crippen LogP contribution < -0.4 is 5.32 Å². The zero-order valence-corrected chi connectivity index (χ0v) is 17.3. The monoisotopic (exact) mass is 386 g/mol. The van der Waals surface area contributed by atoms with Crippen LogP contribution in [0.1, 0.15) is 30.9 Å². The smallest absolute Gasteiger partial charge is 0.225 e. The van der Waals surface area contributed by atoms with Crippen LogP contribution in [-0.4, -0.2) is 78.9 Å². The van der Waals surface area contributed by atoms with E-state index in [1.165, 1.54) is 5.56 Å². The number of aryl methyl sites for hydroxylation is 1. The number of likely N-dealkylation sites (N-methyl/N-ethyl adjacent to an activating group) is 1. The number of nitrogens with one attached hydrogen (secondary N) is 1. The third-order valence-corrected chi connectivity index (χ3v) is 5.94. The lowest BCUT2D eigenvalue weighted by molar-refractivity contribution is -0.129. The van der Waals surface area contributed by atoms with E-state index < -0.39 is 0 Å². The highest BCUT2D eigenvalue weighted by Gasteiger charge is 2.34. The van der Waals surface area contributed by atoms with Gasteiger partial charge in [0.2, 0.25) is 11.8 Å². The van der Waals surface area contributed by atoms with Crippen molar-refractivity contribution < 1.29 is 9.59 Å². The minimum Gasteiger partial charge on any atom is -0.356 e. The normalized spacial score (nSPS) is 21.3. The SMILES string of the molecule is CCN1CCN(CCCNC(=O)[C@@H]2CC(=O)N(Cc3ccc(C)cc3)C2)CC1. The molecule has 2 heterocycles. The summed E-state index contributed by atoms with van der Waals surface area (Å²) in [6, 6.07) is 8.22. The number of amides is 2. The standard InChI is InChI=1S/C22H34N4O2/c1-3-24-11-13-25(14-12-24)10-4-9-23-22(28)20-15-21(27)26(17-20)16-19-7-5-18(2)6-8-19/h5-8,20H,3-4,9-17H2,1-2H3,(H,23,28)/t20-/m1/s1. The van der Waals surface area contributed by atoms with E-state index in [0.717, 1.165) is 51.3 Å². The fraction of sp³-hybridized carbons (Fsp3) is 0.636. The van der Waals surface area contributed by atoms with Crippen molar-refractivity contribution in [3.8, 4) is 0 Å². The topological polar surface area (TPSA) is 55.9 Å². The van der Waals surface area contributed by atoms with Gasteiger partial charge in [0.05, 0.1) is 5.92 Å². The van der Waals surface area contributed by atoms with Crippen LogP contribution in [0.15, 0.2) is 24.3 Å². The van der Waals surface area contributed by atoms with Gasteiger partial charge in [-0.05, 0) is 32.0 Å². The fourth-order valence-electron chi connectivity index (χ4n) is 4.00. The van der Waals surface area contributed by atoms with Gasteiger partial charge < -0.3 is 20.0 Å². The number of nitrogens with zero attached hydrogens (tertiary/aromatic N) is 3. The van der Waals surface area contributed by atoms with Gasteiger partial charge in [0.25, 0.3) is 0 Å². The molecule has 0 bridgehead atoms. The van der Waals surface area contributed by atoms with Crippen molar-refractivity contribution in [1.82, 2.24) is 20.0 Å². The quantitative estimate of drug-likeness (QED) is 0.688. The Balaban J connectivity index is 1.34. The first-order valence-corrected chi connectivity index (χ1v) is 10.6. The van der Waals surface area contributed by atoms with E-state index in [0.29, 0.717) is 26.1 Å². The van der Waals surface area contributed by atoms with Gasteiger partial charge in [0.1, 0.15) is 0 Å². The minimum atomic E-state index is -0.217. The number of piperazine rings is 1. The van der Waals surface area contributed by atoms with Gasteiger partial charge >= 0.3 is 0 Å². The maximum atomic E-state index is 12.5. The lowest BCUT2D eigenvalue weighted by atomic mass is 10.1. The highest BCUT2D eigenvalue weighted by Crippen LogP contribution is 2.20. The van der Waals surface area contributed by atoms with E-state index in [-0.39, 0.29) is 17.7 Å². The second-order valence-electron chi connectivity index (χ2n) is 8.08. The molecule has 0 unspecified atom stereocenters. The molecule has 154 valence electrons. The number of hydrogen-bond acceptors (Lipinski definition) is 4. The van der Waals surface area contributed by atoms with E-state index >= 15 is 0 Å². The number of carbonyl (C=O) groups is 2. The second kappa shape index (κ2) is 10.0. The Morgan fingerprint density at radius 2 is 1.79 bits per heavy atom. The lowest BCUT2D eigenvalue weighted by Gasteiger charge is -2.34.